The van der Waals surface area contributed by atoms with Crippen LogP contribution in [0.15, 0.2) is 36.4 Å². The van der Waals surface area contributed by atoms with Crippen LogP contribution >= 0.6 is 11.6 Å². The highest BCUT2D eigenvalue weighted by Gasteiger charge is 2.16. The molecule has 0 radical (unpaired) electrons. The van der Waals surface area contributed by atoms with Gasteiger partial charge in [-0.2, -0.15) is 0 Å². The first-order chi connectivity index (χ1) is 11.8. The summed E-state index contributed by atoms with van der Waals surface area (Å²) < 4.78 is 4.97. The number of hydrogen-bond donors (Lipinski definition) is 2. The number of anilines is 1. The van der Waals surface area contributed by atoms with Gasteiger partial charge in [0.1, 0.15) is 11.3 Å². The number of phenols is 1. The van der Waals surface area contributed by atoms with Gasteiger partial charge < -0.3 is 15.2 Å². The van der Waals surface area contributed by atoms with E-state index in [2.05, 4.69) is 5.32 Å². The summed E-state index contributed by atoms with van der Waals surface area (Å²) in [7, 11) is 0. The molecule has 5 nitrogen and oxygen atoms in total. The second-order valence-electron chi connectivity index (χ2n) is 5.98. The Balaban J connectivity index is 2.03. The van der Waals surface area contributed by atoms with Gasteiger partial charge in [0, 0.05) is 10.7 Å². The zero-order valence-corrected chi connectivity index (χ0v) is 15.1. The fourth-order valence-corrected chi connectivity index (χ4v) is 2.57. The SMILES string of the molecule is Cc1cccc(C(C)C)c1NC(=O)COC(=O)c1ccc(Cl)cc1O. The van der Waals surface area contributed by atoms with Gasteiger partial charge in [-0.3, -0.25) is 4.79 Å². The lowest BCUT2D eigenvalue weighted by Crippen LogP contribution is -2.22. The smallest absolute Gasteiger partial charge is 0.342 e. The molecule has 0 aliphatic heterocycles. The number of esters is 1. The van der Waals surface area contributed by atoms with Crippen LogP contribution < -0.4 is 5.32 Å². The van der Waals surface area contributed by atoms with E-state index in [4.69, 9.17) is 16.3 Å². The molecule has 0 saturated heterocycles. The minimum absolute atomic E-state index is 0.0454. The van der Waals surface area contributed by atoms with Crippen molar-refractivity contribution in [1.82, 2.24) is 0 Å². The topological polar surface area (TPSA) is 75.6 Å². The Morgan fingerprint density at radius 1 is 1.24 bits per heavy atom. The molecule has 132 valence electrons. The summed E-state index contributed by atoms with van der Waals surface area (Å²) in [5.74, 6) is -1.29. The molecule has 2 aromatic carbocycles. The van der Waals surface area contributed by atoms with Gasteiger partial charge in [-0.15, -0.1) is 0 Å². The monoisotopic (exact) mass is 361 g/mol. The van der Waals surface area contributed by atoms with E-state index in [1.165, 1.54) is 18.2 Å². The third kappa shape index (κ3) is 4.73. The fourth-order valence-electron chi connectivity index (χ4n) is 2.40. The molecule has 2 N–H and O–H groups in total. The Hall–Kier alpha value is -2.53. The number of halogens is 1. The first-order valence-corrected chi connectivity index (χ1v) is 8.22. The number of para-hydroxylation sites is 1. The van der Waals surface area contributed by atoms with E-state index in [9.17, 15) is 14.7 Å². The van der Waals surface area contributed by atoms with Gasteiger partial charge in [0.2, 0.25) is 0 Å². The molecule has 0 unspecified atom stereocenters. The van der Waals surface area contributed by atoms with Gasteiger partial charge in [0.25, 0.3) is 5.91 Å². The lowest BCUT2D eigenvalue weighted by atomic mass is 9.98. The molecular formula is C19H20ClNO4. The second-order valence-corrected chi connectivity index (χ2v) is 6.42. The summed E-state index contributed by atoms with van der Waals surface area (Å²) >= 11 is 5.72. The van der Waals surface area contributed by atoms with Crippen LogP contribution in [0.25, 0.3) is 0 Å². The molecule has 0 fully saturated rings. The number of hydrogen-bond acceptors (Lipinski definition) is 4. The van der Waals surface area contributed by atoms with Crippen molar-refractivity contribution >= 4 is 29.2 Å². The first kappa shape index (κ1) is 18.8. The molecule has 0 spiro atoms. The Bertz CT molecular complexity index is 802. The summed E-state index contributed by atoms with van der Waals surface area (Å²) in [6.07, 6.45) is 0. The number of aromatic hydroxyl groups is 1. The lowest BCUT2D eigenvalue weighted by molar-refractivity contribution is -0.119. The maximum absolute atomic E-state index is 12.1. The summed E-state index contributed by atoms with van der Waals surface area (Å²) in [6.45, 7) is 5.52. The standard InChI is InChI=1S/C19H20ClNO4/c1-11(2)14-6-4-5-12(3)18(14)21-17(23)10-25-19(24)15-8-7-13(20)9-16(15)22/h4-9,11,22H,10H2,1-3H3,(H,21,23). The Kier molecular flexibility index (Phi) is 6.04. The van der Waals surface area contributed by atoms with E-state index < -0.39 is 18.5 Å². The van der Waals surface area contributed by atoms with Crippen LogP contribution in [0.5, 0.6) is 5.75 Å². The third-order valence-electron chi connectivity index (χ3n) is 3.71. The van der Waals surface area contributed by atoms with Gasteiger partial charge in [-0.25, -0.2) is 4.79 Å². The quantitative estimate of drug-likeness (QED) is 0.779. The molecule has 2 aromatic rings. The van der Waals surface area contributed by atoms with Crippen LogP contribution in [-0.2, 0) is 9.53 Å². The molecular weight excluding hydrogens is 342 g/mol. The average Bonchev–Trinajstić information content (AvgIpc) is 2.54. The number of carbonyl (C=O) groups is 2. The van der Waals surface area contributed by atoms with Gasteiger partial charge in [-0.1, -0.05) is 43.6 Å². The molecule has 0 aromatic heterocycles. The van der Waals surface area contributed by atoms with Crippen LogP contribution in [-0.4, -0.2) is 23.6 Å². The highest BCUT2D eigenvalue weighted by molar-refractivity contribution is 6.30. The van der Waals surface area contributed by atoms with Crippen molar-refractivity contribution in [1.29, 1.82) is 0 Å². The molecule has 0 heterocycles. The summed E-state index contributed by atoms with van der Waals surface area (Å²) in [4.78, 5) is 24.1. The Labute approximate surface area is 151 Å². The van der Waals surface area contributed by atoms with E-state index in [0.717, 1.165) is 16.8 Å². The van der Waals surface area contributed by atoms with Crippen LogP contribution in [0.4, 0.5) is 5.69 Å². The fraction of sp³-hybridized carbons (Fsp3) is 0.263. The van der Waals surface area contributed by atoms with Gasteiger partial charge in [-0.05, 0) is 42.2 Å². The molecule has 0 saturated carbocycles. The van der Waals surface area contributed by atoms with Crippen molar-refractivity contribution in [2.45, 2.75) is 26.7 Å². The van der Waals surface area contributed by atoms with E-state index in [0.29, 0.717) is 5.02 Å². The summed E-state index contributed by atoms with van der Waals surface area (Å²) in [5.41, 5.74) is 2.63. The third-order valence-corrected chi connectivity index (χ3v) is 3.94. The molecule has 0 atom stereocenters. The minimum atomic E-state index is -0.793. The van der Waals surface area contributed by atoms with Crippen LogP contribution in [0.1, 0.15) is 41.3 Å². The van der Waals surface area contributed by atoms with E-state index in [1.807, 2.05) is 39.0 Å². The van der Waals surface area contributed by atoms with Crippen molar-refractivity contribution in [3.05, 3.63) is 58.1 Å². The van der Waals surface area contributed by atoms with Crippen molar-refractivity contribution in [3.63, 3.8) is 0 Å². The average molecular weight is 362 g/mol. The van der Waals surface area contributed by atoms with E-state index >= 15 is 0 Å². The lowest BCUT2D eigenvalue weighted by Gasteiger charge is -2.16. The highest BCUT2D eigenvalue weighted by Crippen LogP contribution is 2.27. The Morgan fingerprint density at radius 2 is 1.96 bits per heavy atom. The summed E-state index contributed by atoms with van der Waals surface area (Å²) in [5, 5.41) is 12.8. The van der Waals surface area contributed by atoms with Crippen molar-refractivity contribution in [3.8, 4) is 5.75 Å². The van der Waals surface area contributed by atoms with Crippen molar-refractivity contribution in [2.75, 3.05) is 11.9 Å². The first-order valence-electron chi connectivity index (χ1n) is 7.84. The molecule has 0 aliphatic carbocycles. The highest BCUT2D eigenvalue weighted by atomic mass is 35.5. The zero-order valence-electron chi connectivity index (χ0n) is 14.3. The maximum Gasteiger partial charge on any atom is 0.342 e. The van der Waals surface area contributed by atoms with Gasteiger partial charge in [0.05, 0.1) is 0 Å². The van der Waals surface area contributed by atoms with Gasteiger partial charge >= 0.3 is 5.97 Å². The van der Waals surface area contributed by atoms with Crippen molar-refractivity contribution < 1.29 is 19.4 Å². The van der Waals surface area contributed by atoms with Crippen molar-refractivity contribution in [2.24, 2.45) is 0 Å². The molecule has 25 heavy (non-hydrogen) atoms. The van der Waals surface area contributed by atoms with Crippen LogP contribution in [0.3, 0.4) is 0 Å². The van der Waals surface area contributed by atoms with Gasteiger partial charge in [0.15, 0.2) is 6.61 Å². The zero-order chi connectivity index (χ0) is 18.6. The van der Waals surface area contributed by atoms with Crippen LogP contribution in [0.2, 0.25) is 5.02 Å². The molecule has 1 amide bonds. The normalized spacial score (nSPS) is 10.6. The van der Waals surface area contributed by atoms with Crippen LogP contribution in [0, 0.1) is 6.92 Å². The number of benzene rings is 2. The number of amides is 1. The summed E-state index contributed by atoms with van der Waals surface area (Å²) in [6, 6.07) is 9.82. The number of carbonyl (C=O) groups excluding carboxylic acids is 2. The van der Waals surface area contributed by atoms with E-state index in [-0.39, 0.29) is 17.2 Å². The Morgan fingerprint density at radius 3 is 2.60 bits per heavy atom. The maximum atomic E-state index is 12.1. The number of phenolic OH excluding ortho intramolecular Hbond substituents is 1. The predicted octanol–water partition coefficient (Wildman–Crippen LogP) is 4.27. The predicted molar refractivity (Wildman–Crippen MR) is 97.3 cm³/mol. The largest absolute Gasteiger partial charge is 0.507 e. The number of aryl methyl sites for hydroxylation is 1. The number of nitrogens with one attached hydrogen (secondary N) is 1. The van der Waals surface area contributed by atoms with E-state index in [1.54, 1.807) is 0 Å². The number of ether oxygens (including phenoxy) is 1. The number of rotatable bonds is 5. The second kappa shape index (κ2) is 8.03. The minimum Gasteiger partial charge on any atom is -0.507 e. The molecule has 6 heteroatoms. The molecule has 0 bridgehead atoms. The molecule has 2 rings (SSSR count). The molecule has 0 aliphatic rings.